The third-order valence-electron chi connectivity index (χ3n) is 5.67. The highest BCUT2D eigenvalue weighted by Crippen LogP contribution is 2.41. The second-order valence-corrected chi connectivity index (χ2v) is 8.86. The van der Waals surface area contributed by atoms with Gasteiger partial charge in [0.15, 0.2) is 0 Å². The van der Waals surface area contributed by atoms with Crippen LogP contribution in [0.1, 0.15) is 59.0 Å². The average Bonchev–Trinajstić information content (AvgIpc) is 3.32. The maximum atomic E-state index is 13.0. The van der Waals surface area contributed by atoms with Crippen LogP contribution in [0.3, 0.4) is 0 Å². The number of carbonyl (C=O) groups is 1. The molecule has 0 aromatic carbocycles. The summed E-state index contributed by atoms with van der Waals surface area (Å²) in [5.74, 6) is 1.17. The first-order chi connectivity index (χ1) is 12.4. The zero-order valence-corrected chi connectivity index (χ0v) is 16.2. The standard InChI is InChI=1S/C18H25N5O2S/c1-10(2)17-21-11(3)16(26-17)18(25)22-6-12-4-14(23-9-19-8-20-23)15(24)5-13(12)7-22/h8-10,12-15,24H,4-7H2,1-3H3/t12-,13+,14-,15-/m1/s1. The van der Waals surface area contributed by atoms with E-state index in [0.29, 0.717) is 24.2 Å². The van der Waals surface area contributed by atoms with Crippen molar-refractivity contribution in [3.63, 3.8) is 0 Å². The van der Waals surface area contributed by atoms with Gasteiger partial charge in [-0.15, -0.1) is 11.3 Å². The molecule has 0 spiro atoms. The van der Waals surface area contributed by atoms with Crippen LogP contribution < -0.4 is 0 Å². The Bertz CT molecular complexity index is 788. The van der Waals surface area contributed by atoms with E-state index in [9.17, 15) is 9.90 Å². The van der Waals surface area contributed by atoms with Gasteiger partial charge in [0, 0.05) is 19.0 Å². The number of rotatable bonds is 3. The summed E-state index contributed by atoms with van der Waals surface area (Å²) in [5.41, 5.74) is 0.832. The summed E-state index contributed by atoms with van der Waals surface area (Å²) in [4.78, 5) is 24.3. The van der Waals surface area contributed by atoms with Crippen LogP contribution in [0.5, 0.6) is 0 Å². The molecule has 1 N–H and O–H groups in total. The lowest BCUT2D eigenvalue weighted by Crippen LogP contribution is -2.36. The number of aliphatic hydroxyl groups is 1. The van der Waals surface area contributed by atoms with Gasteiger partial charge in [-0.2, -0.15) is 5.10 Å². The summed E-state index contributed by atoms with van der Waals surface area (Å²) >= 11 is 1.52. The fourth-order valence-electron chi connectivity index (χ4n) is 4.25. The number of carbonyl (C=O) groups excluding carboxylic acids is 1. The first-order valence-electron chi connectivity index (χ1n) is 9.22. The summed E-state index contributed by atoms with van der Waals surface area (Å²) in [5, 5.41) is 15.8. The Labute approximate surface area is 157 Å². The van der Waals surface area contributed by atoms with Crippen LogP contribution in [0.4, 0.5) is 0 Å². The number of hydrogen-bond acceptors (Lipinski definition) is 6. The first kappa shape index (κ1) is 17.6. The lowest BCUT2D eigenvalue weighted by molar-refractivity contribution is 0.0304. The van der Waals surface area contributed by atoms with Crippen molar-refractivity contribution in [2.45, 2.75) is 51.7 Å². The van der Waals surface area contributed by atoms with Crippen molar-refractivity contribution in [2.24, 2.45) is 11.8 Å². The van der Waals surface area contributed by atoms with Crippen molar-refractivity contribution in [2.75, 3.05) is 13.1 Å². The normalized spacial score (nSPS) is 28.6. The summed E-state index contributed by atoms with van der Waals surface area (Å²) in [6, 6.07) is -0.0495. The summed E-state index contributed by atoms with van der Waals surface area (Å²) in [6.45, 7) is 7.59. The molecule has 2 aliphatic rings. The van der Waals surface area contributed by atoms with E-state index in [4.69, 9.17) is 0 Å². The Hall–Kier alpha value is -1.80. The monoisotopic (exact) mass is 375 g/mol. The smallest absolute Gasteiger partial charge is 0.265 e. The lowest BCUT2D eigenvalue weighted by Gasteiger charge is -2.34. The van der Waals surface area contributed by atoms with Crippen LogP contribution >= 0.6 is 11.3 Å². The molecular formula is C18H25N5O2S. The summed E-state index contributed by atoms with van der Waals surface area (Å²) in [6.07, 6.45) is 4.27. The number of aliphatic hydroxyl groups excluding tert-OH is 1. The van der Waals surface area contributed by atoms with E-state index in [0.717, 1.165) is 35.1 Å². The van der Waals surface area contributed by atoms with Crippen LogP contribution in [-0.4, -0.2) is 54.9 Å². The predicted molar refractivity (Wildman–Crippen MR) is 98.1 cm³/mol. The minimum Gasteiger partial charge on any atom is -0.391 e. The molecule has 1 aliphatic carbocycles. The average molecular weight is 375 g/mol. The van der Waals surface area contributed by atoms with E-state index in [2.05, 4.69) is 28.9 Å². The van der Waals surface area contributed by atoms with Crippen LogP contribution in [-0.2, 0) is 0 Å². The molecule has 4 rings (SSSR count). The van der Waals surface area contributed by atoms with Crippen molar-refractivity contribution < 1.29 is 9.90 Å². The minimum absolute atomic E-state index is 0.0495. The number of fused-ring (bicyclic) bond motifs is 1. The molecule has 1 saturated carbocycles. The van der Waals surface area contributed by atoms with Gasteiger partial charge in [-0.05, 0) is 31.6 Å². The van der Waals surface area contributed by atoms with E-state index in [1.807, 2.05) is 11.8 Å². The number of aryl methyl sites for hydroxylation is 1. The highest BCUT2D eigenvalue weighted by molar-refractivity contribution is 7.13. The van der Waals surface area contributed by atoms with Crippen molar-refractivity contribution in [3.8, 4) is 0 Å². The van der Waals surface area contributed by atoms with Gasteiger partial charge in [0.05, 0.1) is 22.8 Å². The maximum absolute atomic E-state index is 13.0. The molecule has 0 unspecified atom stereocenters. The molecule has 0 bridgehead atoms. The molecule has 2 fully saturated rings. The molecule has 1 amide bonds. The second-order valence-electron chi connectivity index (χ2n) is 7.83. The Morgan fingerprint density at radius 2 is 2.04 bits per heavy atom. The van der Waals surface area contributed by atoms with Crippen LogP contribution in [0.15, 0.2) is 12.7 Å². The van der Waals surface area contributed by atoms with Gasteiger partial charge < -0.3 is 10.0 Å². The van der Waals surface area contributed by atoms with Gasteiger partial charge in [-0.3, -0.25) is 4.79 Å². The van der Waals surface area contributed by atoms with Gasteiger partial charge in [0.1, 0.15) is 17.5 Å². The SMILES string of the molecule is Cc1nc(C(C)C)sc1C(=O)N1C[C@H]2C[C@@H](n3cncn3)[C@H](O)C[C@H]2C1. The molecule has 4 atom stereocenters. The predicted octanol–water partition coefficient (Wildman–Crippen LogP) is 2.25. The Morgan fingerprint density at radius 1 is 1.31 bits per heavy atom. The zero-order valence-electron chi connectivity index (χ0n) is 15.4. The van der Waals surface area contributed by atoms with Crippen LogP contribution in [0.25, 0.3) is 0 Å². The second kappa shape index (κ2) is 6.74. The quantitative estimate of drug-likeness (QED) is 0.889. The number of aromatic nitrogens is 4. The molecular weight excluding hydrogens is 350 g/mol. The number of amides is 1. The fraction of sp³-hybridized carbons (Fsp3) is 0.667. The maximum Gasteiger partial charge on any atom is 0.265 e. The molecule has 2 aromatic rings. The van der Waals surface area contributed by atoms with Gasteiger partial charge in [0.2, 0.25) is 0 Å². The van der Waals surface area contributed by atoms with Crippen LogP contribution in [0.2, 0.25) is 0 Å². The molecule has 1 aliphatic heterocycles. The van der Waals surface area contributed by atoms with Crippen molar-refractivity contribution in [3.05, 3.63) is 28.2 Å². The van der Waals surface area contributed by atoms with E-state index in [-0.39, 0.29) is 11.9 Å². The Kier molecular flexibility index (Phi) is 4.56. The summed E-state index contributed by atoms with van der Waals surface area (Å²) < 4.78 is 1.76. The van der Waals surface area contributed by atoms with E-state index in [1.54, 1.807) is 11.0 Å². The number of thiazole rings is 1. The molecule has 7 nitrogen and oxygen atoms in total. The van der Waals surface area contributed by atoms with Gasteiger partial charge in [0.25, 0.3) is 5.91 Å². The van der Waals surface area contributed by atoms with Crippen LogP contribution in [0, 0.1) is 18.8 Å². The largest absolute Gasteiger partial charge is 0.391 e. The number of hydrogen-bond donors (Lipinski definition) is 1. The molecule has 140 valence electrons. The highest BCUT2D eigenvalue weighted by atomic mass is 32.1. The number of likely N-dealkylation sites (tertiary alicyclic amines) is 1. The van der Waals surface area contributed by atoms with E-state index in [1.165, 1.54) is 17.7 Å². The number of nitrogens with zero attached hydrogens (tertiary/aromatic N) is 5. The minimum atomic E-state index is -0.439. The molecule has 1 saturated heterocycles. The van der Waals surface area contributed by atoms with Crippen molar-refractivity contribution in [1.29, 1.82) is 0 Å². The molecule has 3 heterocycles. The molecule has 0 radical (unpaired) electrons. The molecule has 2 aromatic heterocycles. The fourth-order valence-corrected chi connectivity index (χ4v) is 5.29. The van der Waals surface area contributed by atoms with Crippen molar-refractivity contribution in [1.82, 2.24) is 24.6 Å². The first-order valence-corrected chi connectivity index (χ1v) is 10.0. The van der Waals surface area contributed by atoms with Gasteiger partial charge >= 0.3 is 0 Å². The molecule has 8 heteroatoms. The third-order valence-corrected chi connectivity index (χ3v) is 7.12. The zero-order chi connectivity index (χ0) is 18.4. The molecule has 26 heavy (non-hydrogen) atoms. The van der Waals surface area contributed by atoms with Crippen molar-refractivity contribution >= 4 is 17.2 Å². The highest BCUT2D eigenvalue weighted by Gasteiger charge is 2.44. The lowest BCUT2D eigenvalue weighted by atomic mass is 9.77. The van der Waals surface area contributed by atoms with Gasteiger partial charge in [-0.1, -0.05) is 13.8 Å². The van der Waals surface area contributed by atoms with E-state index >= 15 is 0 Å². The van der Waals surface area contributed by atoms with E-state index < -0.39 is 6.10 Å². The third kappa shape index (κ3) is 3.05. The summed E-state index contributed by atoms with van der Waals surface area (Å²) in [7, 11) is 0. The topological polar surface area (TPSA) is 84.1 Å². The van der Waals surface area contributed by atoms with Gasteiger partial charge in [-0.25, -0.2) is 14.6 Å². The Balaban J connectivity index is 1.49. The Morgan fingerprint density at radius 3 is 2.65 bits per heavy atom.